The number of pyridine rings is 1. The van der Waals surface area contributed by atoms with E-state index in [0.717, 1.165) is 44.0 Å². The average Bonchev–Trinajstić information content (AvgIpc) is 3.59. The van der Waals surface area contributed by atoms with Crippen molar-refractivity contribution in [2.45, 2.75) is 38.6 Å². The van der Waals surface area contributed by atoms with Crippen molar-refractivity contribution in [1.82, 2.24) is 15.2 Å². The number of carbonyl (C=O) groups is 2. The van der Waals surface area contributed by atoms with E-state index in [1.165, 1.54) is 12.8 Å². The SMILES string of the molecule is Cc1cccc(C(=O)N2CCC(NCC3CC3)CC2)c1NC(=O)c1ccncc1. The normalized spacial score (nSPS) is 17.2. The molecule has 1 saturated heterocycles. The van der Waals surface area contributed by atoms with Crippen LogP contribution in [0.2, 0.25) is 0 Å². The van der Waals surface area contributed by atoms with Crippen LogP contribution in [-0.4, -0.2) is 47.4 Å². The summed E-state index contributed by atoms with van der Waals surface area (Å²) < 4.78 is 0. The predicted molar refractivity (Wildman–Crippen MR) is 113 cm³/mol. The van der Waals surface area contributed by atoms with E-state index in [4.69, 9.17) is 0 Å². The van der Waals surface area contributed by atoms with E-state index in [2.05, 4.69) is 15.6 Å². The first kappa shape index (κ1) is 19.6. The molecule has 2 amide bonds. The molecule has 2 fully saturated rings. The molecule has 2 heterocycles. The number of nitrogens with zero attached hydrogens (tertiary/aromatic N) is 2. The summed E-state index contributed by atoms with van der Waals surface area (Å²) in [6.07, 6.45) is 7.82. The van der Waals surface area contributed by atoms with Gasteiger partial charge in [-0.15, -0.1) is 0 Å². The molecule has 0 radical (unpaired) electrons. The maximum absolute atomic E-state index is 13.2. The Morgan fingerprint density at radius 3 is 2.48 bits per heavy atom. The lowest BCUT2D eigenvalue weighted by molar-refractivity contribution is 0.0706. The largest absolute Gasteiger partial charge is 0.338 e. The van der Waals surface area contributed by atoms with Crippen LogP contribution >= 0.6 is 0 Å². The highest BCUT2D eigenvalue weighted by Crippen LogP contribution is 2.28. The van der Waals surface area contributed by atoms with Gasteiger partial charge in [-0.05, 0) is 68.8 Å². The first-order valence-corrected chi connectivity index (χ1v) is 10.5. The third kappa shape index (κ3) is 4.82. The summed E-state index contributed by atoms with van der Waals surface area (Å²) in [5, 5.41) is 6.58. The molecular formula is C23H28N4O2. The fourth-order valence-electron chi connectivity index (χ4n) is 3.81. The number of nitrogens with one attached hydrogen (secondary N) is 2. The number of para-hydroxylation sites is 1. The lowest BCUT2D eigenvalue weighted by Gasteiger charge is -2.33. The number of benzene rings is 1. The van der Waals surface area contributed by atoms with Crippen LogP contribution < -0.4 is 10.6 Å². The summed E-state index contributed by atoms with van der Waals surface area (Å²) in [5.74, 6) is 0.617. The van der Waals surface area contributed by atoms with E-state index >= 15 is 0 Å². The van der Waals surface area contributed by atoms with E-state index in [9.17, 15) is 9.59 Å². The number of amides is 2. The van der Waals surface area contributed by atoms with E-state index in [0.29, 0.717) is 22.9 Å². The zero-order valence-corrected chi connectivity index (χ0v) is 16.9. The van der Waals surface area contributed by atoms with Crippen molar-refractivity contribution in [2.24, 2.45) is 5.92 Å². The molecule has 0 unspecified atom stereocenters. The lowest BCUT2D eigenvalue weighted by atomic mass is 10.0. The minimum absolute atomic E-state index is 0.0145. The molecule has 0 atom stereocenters. The standard InChI is InChI=1S/C23H28N4O2/c1-16-3-2-4-20(21(16)26-22(28)18-7-11-24-12-8-18)23(29)27-13-9-19(10-14-27)25-15-17-5-6-17/h2-4,7-8,11-12,17,19,25H,5-6,9-10,13-15H2,1H3,(H,26,28). The van der Waals surface area contributed by atoms with Gasteiger partial charge in [0.2, 0.25) is 0 Å². The van der Waals surface area contributed by atoms with Gasteiger partial charge in [0.1, 0.15) is 0 Å². The molecule has 0 bridgehead atoms. The Morgan fingerprint density at radius 2 is 1.79 bits per heavy atom. The van der Waals surface area contributed by atoms with E-state index in [-0.39, 0.29) is 11.8 Å². The van der Waals surface area contributed by atoms with Gasteiger partial charge in [0.25, 0.3) is 11.8 Å². The smallest absolute Gasteiger partial charge is 0.255 e. The van der Waals surface area contributed by atoms with Gasteiger partial charge < -0.3 is 15.5 Å². The molecule has 1 aromatic heterocycles. The summed E-state index contributed by atoms with van der Waals surface area (Å²) in [7, 11) is 0. The fourth-order valence-corrected chi connectivity index (χ4v) is 3.81. The van der Waals surface area contributed by atoms with Crippen molar-refractivity contribution >= 4 is 17.5 Å². The summed E-state index contributed by atoms with van der Waals surface area (Å²) in [6.45, 7) is 4.51. The zero-order chi connectivity index (χ0) is 20.2. The van der Waals surface area contributed by atoms with Crippen molar-refractivity contribution in [3.63, 3.8) is 0 Å². The van der Waals surface area contributed by atoms with Gasteiger partial charge in [0.05, 0.1) is 11.3 Å². The van der Waals surface area contributed by atoms with Crippen LogP contribution in [0, 0.1) is 12.8 Å². The van der Waals surface area contributed by atoms with Gasteiger partial charge in [-0.2, -0.15) is 0 Å². The predicted octanol–water partition coefficient (Wildman–Crippen LogP) is 3.25. The van der Waals surface area contributed by atoms with Crippen LogP contribution in [-0.2, 0) is 0 Å². The molecule has 1 aromatic carbocycles. The highest BCUT2D eigenvalue weighted by atomic mass is 16.2. The average molecular weight is 393 g/mol. The fraction of sp³-hybridized carbons (Fsp3) is 0.435. The molecule has 2 N–H and O–H groups in total. The van der Waals surface area contributed by atoms with Gasteiger partial charge in [-0.25, -0.2) is 0 Å². The number of aromatic nitrogens is 1. The van der Waals surface area contributed by atoms with Gasteiger partial charge in [-0.3, -0.25) is 14.6 Å². The minimum Gasteiger partial charge on any atom is -0.338 e. The van der Waals surface area contributed by atoms with E-state index < -0.39 is 0 Å². The first-order valence-electron chi connectivity index (χ1n) is 10.5. The number of aryl methyl sites for hydroxylation is 1. The molecule has 0 spiro atoms. The molecule has 2 aromatic rings. The Kier molecular flexibility index (Phi) is 5.90. The minimum atomic E-state index is -0.237. The number of hydrogen-bond acceptors (Lipinski definition) is 4. The third-order valence-corrected chi connectivity index (χ3v) is 5.86. The van der Waals surface area contributed by atoms with Crippen LogP contribution in [0.4, 0.5) is 5.69 Å². The quantitative estimate of drug-likeness (QED) is 0.791. The van der Waals surface area contributed by atoms with Crippen LogP contribution in [0.1, 0.15) is 52.0 Å². The Labute approximate surface area is 171 Å². The second-order valence-corrected chi connectivity index (χ2v) is 8.11. The topological polar surface area (TPSA) is 74.3 Å². The van der Waals surface area contributed by atoms with E-state index in [1.54, 1.807) is 30.6 Å². The second-order valence-electron chi connectivity index (χ2n) is 8.11. The number of piperidine rings is 1. The zero-order valence-electron chi connectivity index (χ0n) is 16.9. The second kappa shape index (κ2) is 8.74. The molecule has 2 aliphatic rings. The molecule has 4 rings (SSSR count). The Hall–Kier alpha value is -2.73. The van der Waals surface area contributed by atoms with Crippen molar-refractivity contribution in [2.75, 3.05) is 25.0 Å². The van der Waals surface area contributed by atoms with Gasteiger partial charge in [0, 0.05) is 37.1 Å². The number of hydrogen-bond donors (Lipinski definition) is 2. The first-order chi connectivity index (χ1) is 14.1. The molecule has 6 nitrogen and oxygen atoms in total. The van der Waals surface area contributed by atoms with E-state index in [1.807, 2.05) is 24.0 Å². The van der Waals surface area contributed by atoms with Crippen molar-refractivity contribution < 1.29 is 9.59 Å². The number of carbonyl (C=O) groups excluding carboxylic acids is 2. The summed E-state index contributed by atoms with van der Waals surface area (Å²) in [6, 6.07) is 9.41. The van der Waals surface area contributed by atoms with Crippen LogP contribution in [0.5, 0.6) is 0 Å². The number of anilines is 1. The maximum Gasteiger partial charge on any atom is 0.255 e. The lowest BCUT2D eigenvalue weighted by Crippen LogP contribution is -2.45. The van der Waals surface area contributed by atoms with Crippen molar-refractivity contribution in [1.29, 1.82) is 0 Å². The monoisotopic (exact) mass is 392 g/mol. The van der Waals surface area contributed by atoms with Crippen LogP contribution in [0.25, 0.3) is 0 Å². The molecule has 1 aliphatic carbocycles. The molecule has 1 aliphatic heterocycles. The molecular weight excluding hydrogens is 364 g/mol. The van der Waals surface area contributed by atoms with Crippen molar-refractivity contribution in [3.8, 4) is 0 Å². The molecule has 1 saturated carbocycles. The van der Waals surface area contributed by atoms with Crippen LogP contribution in [0.3, 0.4) is 0 Å². The number of rotatable bonds is 6. The molecule has 152 valence electrons. The maximum atomic E-state index is 13.2. The molecule has 6 heteroatoms. The summed E-state index contributed by atoms with van der Waals surface area (Å²) in [5.41, 5.74) is 2.54. The summed E-state index contributed by atoms with van der Waals surface area (Å²) >= 11 is 0. The van der Waals surface area contributed by atoms with Crippen LogP contribution in [0.15, 0.2) is 42.7 Å². The highest BCUT2D eigenvalue weighted by Gasteiger charge is 2.27. The number of likely N-dealkylation sites (tertiary alicyclic amines) is 1. The van der Waals surface area contributed by atoms with Gasteiger partial charge in [0.15, 0.2) is 0 Å². The highest BCUT2D eigenvalue weighted by molar-refractivity contribution is 6.09. The van der Waals surface area contributed by atoms with Gasteiger partial charge in [-0.1, -0.05) is 12.1 Å². The Morgan fingerprint density at radius 1 is 1.07 bits per heavy atom. The van der Waals surface area contributed by atoms with Gasteiger partial charge >= 0.3 is 0 Å². The Bertz CT molecular complexity index is 872. The molecule has 29 heavy (non-hydrogen) atoms. The summed E-state index contributed by atoms with van der Waals surface area (Å²) in [4.78, 5) is 31.7. The van der Waals surface area contributed by atoms with Crippen molar-refractivity contribution in [3.05, 3.63) is 59.4 Å². The Balaban J connectivity index is 1.43. The third-order valence-electron chi connectivity index (χ3n) is 5.86.